The number of fused-ring (bicyclic) bond motifs is 2. The minimum Gasteiger partial charge on any atom is -0.309 e. The molecule has 4 aromatic rings. The van der Waals surface area contributed by atoms with Crippen molar-refractivity contribution < 1.29 is 4.79 Å². The van der Waals surface area contributed by atoms with Crippen LogP contribution in [0, 0.1) is 5.92 Å². The highest BCUT2D eigenvalue weighted by Crippen LogP contribution is 2.30. The van der Waals surface area contributed by atoms with E-state index in [1.807, 2.05) is 22.6 Å². The average molecular weight is 361 g/mol. The van der Waals surface area contributed by atoms with Gasteiger partial charge in [0.2, 0.25) is 11.1 Å². The molecule has 0 aromatic carbocycles. The summed E-state index contributed by atoms with van der Waals surface area (Å²) >= 11 is 1.37. The first-order chi connectivity index (χ1) is 12.7. The monoisotopic (exact) mass is 361 g/mol. The lowest BCUT2D eigenvalue weighted by Crippen LogP contribution is -2.13. The quantitative estimate of drug-likeness (QED) is 0.547. The van der Waals surface area contributed by atoms with Crippen LogP contribution in [0.2, 0.25) is 0 Å². The Morgan fingerprint density at radius 3 is 2.85 bits per heavy atom. The lowest BCUT2D eigenvalue weighted by Gasteiger charge is -2.01. The Balaban J connectivity index is 1.43. The molecule has 1 aliphatic rings. The van der Waals surface area contributed by atoms with Gasteiger partial charge in [0, 0.05) is 12.1 Å². The zero-order valence-corrected chi connectivity index (χ0v) is 14.3. The number of nitrogens with one attached hydrogen (secondary N) is 1. The molecular weight excluding hydrogens is 349 g/mol. The topological polar surface area (TPSA) is 89.5 Å². The number of imidazole rings is 1. The molecular formula is C16H12BN7OS. The summed E-state index contributed by atoms with van der Waals surface area (Å²) in [7, 11) is 5.84. The molecule has 1 aliphatic carbocycles. The van der Waals surface area contributed by atoms with E-state index in [0.29, 0.717) is 22.1 Å². The Bertz CT molecular complexity index is 1150. The third-order valence-corrected chi connectivity index (χ3v) is 4.97. The summed E-state index contributed by atoms with van der Waals surface area (Å²) in [4.78, 5) is 16.2. The van der Waals surface area contributed by atoms with E-state index in [4.69, 9.17) is 7.85 Å². The van der Waals surface area contributed by atoms with Crippen molar-refractivity contribution in [2.24, 2.45) is 5.92 Å². The molecule has 26 heavy (non-hydrogen) atoms. The van der Waals surface area contributed by atoms with Gasteiger partial charge in [-0.15, -0.1) is 10.2 Å². The summed E-state index contributed by atoms with van der Waals surface area (Å²) in [6, 6.07) is 7.30. The van der Waals surface area contributed by atoms with Crippen molar-refractivity contribution in [3.8, 4) is 0 Å². The molecule has 1 amide bonds. The van der Waals surface area contributed by atoms with E-state index in [-0.39, 0.29) is 11.8 Å². The van der Waals surface area contributed by atoms with Crippen LogP contribution in [-0.4, -0.2) is 42.9 Å². The van der Waals surface area contributed by atoms with E-state index in [1.54, 1.807) is 23.0 Å². The predicted molar refractivity (Wildman–Crippen MR) is 96.8 cm³/mol. The zero-order chi connectivity index (χ0) is 17.7. The number of pyridine rings is 1. The van der Waals surface area contributed by atoms with Crippen LogP contribution < -0.4 is 10.8 Å². The van der Waals surface area contributed by atoms with Gasteiger partial charge in [0.15, 0.2) is 17.1 Å². The van der Waals surface area contributed by atoms with Crippen molar-refractivity contribution in [3.05, 3.63) is 36.7 Å². The van der Waals surface area contributed by atoms with E-state index in [9.17, 15) is 4.79 Å². The molecule has 126 valence electrons. The Kier molecular flexibility index (Phi) is 3.45. The largest absolute Gasteiger partial charge is 0.309 e. The summed E-state index contributed by atoms with van der Waals surface area (Å²) in [5.74, 6) is 0.667. The van der Waals surface area contributed by atoms with Gasteiger partial charge < -0.3 is 5.32 Å². The second-order valence-electron chi connectivity index (χ2n) is 6.14. The summed E-state index contributed by atoms with van der Waals surface area (Å²) in [6.45, 7) is 0. The highest BCUT2D eigenvalue weighted by molar-refractivity contribution is 7.99. The molecule has 4 aromatic heterocycles. The third kappa shape index (κ3) is 2.82. The van der Waals surface area contributed by atoms with Crippen molar-refractivity contribution in [1.82, 2.24) is 29.2 Å². The minimum absolute atomic E-state index is 0.0236. The number of hydrogen-bond donors (Lipinski definition) is 1. The molecule has 0 bridgehead atoms. The van der Waals surface area contributed by atoms with E-state index < -0.39 is 0 Å². The van der Waals surface area contributed by atoms with Gasteiger partial charge in [-0.1, -0.05) is 11.5 Å². The fourth-order valence-corrected chi connectivity index (χ4v) is 3.38. The Morgan fingerprint density at radius 2 is 2.00 bits per heavy atom. The van der Waals surface area contributed by atoms with Crippen molar-refractivity contribution in [2.45, 2.75) is 23.0 Å². The van der Waals surface area contributed by atoms with Crippen molar-refractivity contribution in [2.75, 3.05) is 5.32 Å². The van der Waals surface area contributed by atoms with Crippen LogP contribution >= 0.6 is 11.8 Å². The van der Waals surface area contributed by atoms with Gasteiger partial charge in [0.25, 0.3) is 0 Å². The molecule has 1 fully saturated rings. The van der Waals surface area contributed by atoms with Crippen molar-refractivity contribution >= 4 is 48.1 Å². The summed E-state index contributed by atoms with van der Waals surface area (Å²) in [6.07, 6.45) is 5.39. The molecule has 1 N–H and O–H groups in total. The molecule has 0 aliphatic heterocycles. The van der Waals surface area contributed by atoms with E-state index in [2.05, 4.69) is 25.6 Å². The number of carbonyl (C=O) groups excluding carboxylic acids is 1. The molecule has 5 rings (SSSR count). The van der Waals surface area contributed by atoms with Crippen LogP contribution in [0.15, 0.2) is 46.8 Å². The standard InChI is InChI=1S/C16H12BN7OS/c17-10-3-4-13-20-21-16(23(13)7-10)26-14-6-5-12-18-11(8-24(12)22-14)19-15(25)9-1-2-9/h3-9H,1-2H2,(H,19,25). The van der Waals surface area contributed by atoms with Gasteiger partial charge in [-0.3, -0.25) is 9.20 Å². The van der Waals surface area contributed by atoms with Gasteiger partial charge in [-0.2, -0.15) is 5.10 Å². The molecule has 0 spiro atoms. The van der Waals surface area contributed by atoms with Crippen LogP contribution in [0.1, 0.15) is 12.8 Å². The fourth-order valence-electron chi connectivity index (χ4n) is 2.60. The normalized spacial score (nSPS) is 14.2. The second-order valence-corrected chi connectivity index (χ2v) is 7.13. The zero-order valence-electron chi connectivity index (χ0n) is 13.5. The second kappa shape index (κ2) is 5.84. The number of carbonyl (C=O) groups is 1. The predicted octanol–water partition coefficient (Wildman–Crippen LogP) is 1.07. The molecule has 2 radical (unpaired) electrons. The molecule has 0 atom stereocenters. The molecule has 10 heteroatoms. The number of hydrogen-bond acceptors (Lipinski definition) is 6. The van der Waals surface area contributed by atoms with Crippen LogP contribution in [0.5, 0.6) is 0 Å². The molecule has 4 heterocycles. The van der Waals surface area contributed by atoms with Gasteiger partial charge >= 0.3 is 0 Å². The van der Waals surface area contributed by atoms with E-state index >= 15 is 0 Å². The highest BCUT2D eigenvalue weighted by Gasteiger charge is 2.30. The molecule has 1 saturated carbocycles. The summed E-state index contributed by atoms with van der Waals surface area (Å²) in [5.41, 5.74) is 2.01. The van der Waals surface area contributed by atoms with Gasteiger partial charge in [-0.25, -0.2) is 9.50 Å². The number of anilines is 1. The number of rotatable bonds is 4. The number of amides is 1. The van der Waals surface area contributed by atoms with Crippen LogP contribution in [0.25, 0.3) is 11.3 Å². The van der Waals surface area contributed by atoms with Crippen LogP contribution in [0.3, 0.4) is 0 Å². The van der Waals surface area contributed by atoms with Crippen molar-refractivity contribution in [3.63, 3.8) is 0 Å². The van der Waals surface area contributed by atoms with Crippen molar-refractivity contribution in [1.29, 1.82) is 0 Å². The highest BCUT2D eigenvalue weighted by atomic mass is 32.2. The number of nitrogens with zero attached hydrogens (tertiary/aromatic N) is 6. The van der Waals surface area contributed by atoms with E-state index in [1.165, 1.54) is 11.8 Å². The Hall–Kier alpha value is -2.88. The first kappa shape index (κ1) is 15.4. The molecule has 8 nitrogen and oxygen atoms in total. The maximum atomic E-state index is 11.9. The Labute approximate surface area is 153 Å². The van der Waals surface area contributed by atoms with Crippen LogP contribution in [-0.2, 0) is 4.79 Å². The summed E-state index contributed by atoms with van der Waals surface area (Å²) < 4.78 is 3.46. The number of aromatic nitrogens is 6. The first-order valence-corrected chi connectivity index (χ1v) is 8.93. The minimum atomic E-state index is 0.0236. The average Bonchev–Trinajstić information content (AvgIpc) is 3.30. The summed E-state index contributed by atoms with van der Waals surface area (Å²) in [5, 5.41) is 17.0. The molecule has 0 saturated heterocycles. The third-order valence-electron chi connectivity index (χ3n) is 4.08. The van der Waals surface area contributed by atoms with Crippen LogP contribution in [0.4, 0.5) is 5.82 Å². The maximum absolute atomic E-state index is 11.9. The lowest BCUT2D eigenvalue weighted by atomic mass is 9.99. The SMILES string of the molecule is [B]c1ccc2nnc(Sc3ccc4nc(NC(=O)C5CC5)cn4n3)n2c1. The fraction of sp³-hybridized carbons (Fsp3) is 0.188. The first-order valence-electron chi connectivity index (χ1n) is 8.11. The van der Waals surface area contributed by atoms with Gasteiger partial charge in [0.05, 0.1) is 6.20 Å². The Morgan fingerprint density at radius 1 is 1.15 bits per heavy atom. The smallest absolute Gasteiger partial charge is 0.228 e. The molecule has 0 unspecified atom stereocenters. The van der Waals surface area contributed by atoms with Gasteiger partial charge in [0.1, 0.15) is 12.9 Å². The lowest BCUT2D eigenvalue weighted by molar-refractivity contribution is -0.117. The van der Waals surface area contributed by atoms with E-state index in [0.717, 1.165) is 23.5 Å². The van der Waals surface area contributed by atoms with Gasteiger partial charge in [-0.05, 0) is 42.8 Å². The maximum Gasteiger partial charge on any atom is 0.228 e.